The maximum atomic E-state index is 12.1. The minimum Gasteiger partial charge on any atom is -0.383 e. The summed E-state index contributed by atoms with van der Waals surface area (Å²) in [5.41, 5.74) is -0.577. The Kier molecular flexibility index (Phi) is 5.10. The summed E-state index contributed by atoms with van der Waals surface area (Å²) in [6.07, 6.45) is 0.347. The number of hydrogen-bond donors (Lipinski definition) is 2. The number of nitrogens with one attached hydrogen (secondary N) is 1. The average molecular weight is 378 g/mol. The van der Waals surface area contributed by atoms with Gasteiger partial charge in [0.15, 0.2) is 0 Å². The first-order valence-electron chi connectivity index (χ1n) is 6.83. The van der Waals surface area contributed by atoms with Gasteiger partial charge in [0.05, 0.1) is 17.9 Å². The molecule has 2 N–H and O–H groups in total. The van der Waals surface area contributed by atoms with Crippen molar-refractivity contribution < 1.29 is 18.3 Å². The van der Waals surface area contributed by atoms with Crippen LogP contribution in [0, 0.1) is 0 Å². The largest absolute Gasteiger partial charge is 0.383 e. The van der Waals surface area contributed by atoms with Gasteiger partial charge in [0, 0.05) is 17.5 Å². The van der Waals surface area contributed by atoms with E-state index in [-0.39, 0.29) is 6.61 Å². The first kappa shape index (κ1) is 16.9. The number of benzene rings is 1. The molecule has 2 atom stereocenters. The molecule has 1 saturated heterocycles. The Labute approximate surface area is 133 Å². The lowest BCUT2D eigenvalue weighted by Crippen LogP contribution is -2.57. The highest BCUT2D eigenvalue weighted by Crippen LogP contribution is 2.33. The van der Waals surface area contributed by atoms with Gasteiger partial charge in [0.1, 0.15) is 5.60 Å². The van der Waals surface area contributed by atoms with E-state index in [4.69, 9.17) is 4.74 Å². The van der Waals surface area contributed by atoms with Crippen molar-refractivity contribution >= 4 is 26.0 Å². The van der Waals surface area contributed by atoms with Crippen LogP contribution < -0.4 is 4.72 Å². The third-order valence-electron chi connectivity index (χ3n) is 3.76. The van der Waals surface area contributed by atoms with Gasteiger partial charge >= 0.3 is 0 Å². The quantitative estimate of drug-likeness (QED) is 0.837. The SMILES string of the molecule is CC(C)S(=O)(=O)N[C@H]1COCC[C@@]1(O)c1ccc(Br)cc1. The molecule has 1 aromatic carbocycles. The van der Waals surface area contributed by atoms with Gasteiger partial charge in [0.25, 0.3) is 0 Å². The van der Waals surface area contributed by atoms with Crippen LogP contribution in [0.4, 0.5) is 0 Å². The van der Waals surface area contributed by atoms with Gasteiger partial charge in [-0.2, -0.15) is 0 Å². The summed E-state index contributed by atoms with van der Waals surface area (Å²) in [5.74, 6) is 0. The van der Waals surface area contributed by atoms with Crippen LogP contribution in [0.3, 0.4) is 0 Å². The van der Waals surface area contributed by atoms with Crippen LogP contribution in [-0.2, 0) is 20.4 Å². The smallest absolute Gasteiger partial charge is 0.214 e. The van der Waals surface area contributed by atoms with E-state index in [0.29, 0.717) is 18.6 Å². The van der Waals surface area contributed by atoms with Gasteiger partial charge < -0.3 is 9.84 Å². The van der Waals surface area contributed by atoms with Crippen LogP contribution in [0.1, 0.15) is 25.8 Å². The lowest BCUT2D eigenvalue weighted by atomic mass is 9.83. The normalized spacial score (nSPS) is 27.0. The predicted molar refractivity (Wildman–Crippen MR) is 84.5 cm³/mol. The molecule has 1 fully saturated rings. The Balaban J connectivity index is 2.32. The highest BCUT2D eigenvalue weighted by molar-refractivity contribution is 9.10. The maximum absolute atomic E-state index is 12.1. The second-order valence-corrected chi connectivity index (χ2v) is 8.70. The molecule has 0 radical (unpaired) electrons. The van der Waals surface area contributed by atoms with Gasteiger partial charge in [-0.25, -0.2) is 13.1 Å². The van der Waals surface area contributed by atoms with Crippen molar-refractivity contribution in [3.63, 3.8) is 0 Å². The van der Waals surface area contributed by atoms with Crippen LogP contribution in [0.5, 0.6) is 0 Å². The minimum atomic E-state index is -3.48. The fraction of sp³-hybridized carbons (Fsp3) is 0.571. The molecular formula is C14H20BrNO4S. The van der Waals surface area contributed by atoms with E-state index >= 15 is 0 Å². The lowest BCUT2D eigenvalue weighted by molar-refractivity contribution is -0.0898. The summed E-state index contributed by atoms with van der Waals surface area (Å²) in [6.45, 7) is 3.75. The molecular weight excluding hydrogens is 358 g/mol. The van der Waals surface area contributed by atoms with Crippen molar-refractivity contribution in [2.45, 2.75) is 37.2 Å². The summed E-state index contributed by atoms with van der Waals surface area (Å²) in [5, 5.41) is 10.5. The molecule has 1 aromatic rings. The van der Waals surface area contributed by atoms with Crippen molar-refractivity contribution in [2.24, 2.45) is 0 Å². The molecule has 0 saturated carbocycles. The van der Waals surface area contributed by atoms with Crippen molar-refractivity contribution in [3.05, 3.63) is 34.3 Å². The van der Waals surface area contributed by atoms with E-state index in [1.807, 2.05) is 12.1 Å². The van der Waals surface area contributed by atoms with E-state index in [0.717, 1.165) is 4.47 Å². The molecule has 5 nitrogen and oxygen atoms in total. The third kappa shape index (κ3) is 3.65. The van der Waals surface area contributed by atoms with E-state index in [9.17, 15) is 13.5 Å². The summed E-state index contributed by atoms with van der Waals surface area (Å²) >= 11 is 3.35. The van der Waals surface area contributed by atoms with Crippen LogP contribution in [0.2, 0.25) is 0 Å². The number of rotatable bonds is 4. The zero-order chi connectivity index (χ0) is 15.7. The summed E-state index contributed by atoms with van der Waals surface area (Å²) < 4.78 is 33.0. The van der Waals surface area contributed by atoms with Gasteiger partial charge in [0.2, 0.25) is 10.0 Å². The number of ether oxygens (including phenoxy) is 1. The Bertz CT molecular complexity index is 587. The number of aliphatic hydroxyl groups is 1. The number of hydrogen-bond acceptors (Lipinski definition) is 4. The fourth-order valence-electron chi connectivity index (χ4n) is 2.29. The number of halogens is 1. The van der Waals surface area contributed by atoms with E-state index in [1.54, 1.807) is 26.0 Å². The van der Waals surface area contributed by atoms with Gasteiger partial charge in [-0.1, -0.05) is 28.1 Å². The highest BCUT2D eigenvalue weighted by atomic mass is 79.9. The molecule has 1 heterocycles. The summed E-state index contributed by atoms with van der Waals surface area (Å²) in [4.78, 5) is 0. The molecule has 7 heteroatoms. The third-order valence-corrected chi connectivity index (χ3v) is 6.14. The predicted octanol–water partition coefficient (Wildman–Crippen LogP) is 1.75. The van der Waals surface area contributed by atoms with Gasteiger partial charge in [-0.05, 0) is 31.5 Å². The Morgan fingerprint density at radius 1 is 1.38 bits per heavy atom. The van der Waals surface area contributed by atoms with Crippen LogP contribution in [0.25, 0.3) is 0 Å². The lowest BCUT2D eigenvalue weighted by Gasteiger charge is -2.40. The Morgan fingerprint density at radius 3 is 2.57 bits per heavy atom. The molecule has 1 aliphatic rings. The second-order valence-electron chi connectivity index (χ2n) is 5.52. The molecule has 0 amide bonds. The fourth-order valence-corrected chi connectivity index (χ4v) is 3.49. The molecule has 118 valence electrons. The molecule has 0 bridgehead atoms. The van der Waals surface area contributed by atoms with Gasteiger partial charge in [-0.15, -0.1) is 0 Å². The van der Waals surface area contributed by atoms with Crippen molar-refractivity contribution in [1.29, 1.82) is 0 Å². The Hall–Kier alpha value is -0.470. The second kappa shape index (κ2) is 6.34. The standard InChI is InChI=1S/C14H20BrNO4S/c1-10(2)21(18,19)16-13-9-20-8-7-14(13,17)11-3-5-12(15)6-4-11/h3-6,10,13,16-17H,7-9H2,1-2H3/t13-,14+/m0/s1. The molecule has 0 unspecified atom stereocenters. The zero-order valence-corrected chi connectivity index (χ0v) is 14.4. The molecule has 2 rings (SSSR count). The van der Waals surface area contributed by atoms with E-state index < -0.39 is 26.9 Å². The average Bonchev–Trinajstić information content (AvgIpc) is 2.42. The summed E-state index contributed by atoms with van der Waals surface area (Å²) in [7, 11) is -3.48. The van der Waals surface area contributed by atoms with E-state index in [1.165, 1.54) is 0 Å². The van der Waals surface area contributed by atoms with Crippen molar-refractivity contribution in [3.8, 4) is 0 Å². The topological polar surface area (TPSA) is 75.6 Å². The van der Waals surface area contributed by atoms with Crippen LogP contribution >= 0.6 is 15.9 Å². The minimum absolute atomic E-state index is 0.151. The van der Waals surface area contributed by atoms with Crippen LogP contribution in [0.15, 0.2) is 28.7 Å². The zero-order valence-electron chi connectivity index (χ0n) is 12.0. The van der Waals surface area contributed by atoms with Crippen molar-refractivity contribution in [2.75, 3.05) is 13.2 Å². The molecule has 21 heavy (non-hydrogen) atoms. The Morgan fingerprint density at radius 2 is 2.00 bits per heavy atom. The molecule has 1 aliphatic heterocycles. The van der Waals surface area contributed by atoms with Crippen LogP contribution in [-0.4, -0.2) is 38.0 Å². The van der Waals surface area contributed by atoms with Crippen molar-refractivity contribution in [1.82, 2.24) is 4.72 Å². The first-order chi connectivity index (χ1) is 9.75. The summed E-state index contributed by atoms with van der Waals surface area (Å²) in [6, 6.07) is 6.56. The molecule has 0 aliphatic carbocycles. The van der Waals surface area contributed by atoms with E-state index in [2.05, 4.69) is 20.7 Å². The first-order valence-corrected chi connectivity index (χ1v) is 9.17. The number of sulfonamides is 1. The highest BCUT2D eigenvalue weighted by Gasteiger charge is 2.43. The maximum Gasteiger partial charge on any atom is 0.214 e. The monoisotopic (exact) mass is 377 g/mol. The molecule has 0 spiro atoms. The van der Waals surface area contributed by atoms with Gasteiger partial charge in [-0.3, -0.25) is 0 Å². The molecule has 0 aromatic heterocycles.